The van der Waals surface area contributed by atoms with E-state index >= 15 is 0 Å². The topological polar surface area (TPSA) is 68.2 Å². The molecule has 0 unspecified atom stereocenters. The van der Waals surface area contributed by atoms with Crippen LogP contribution in [0.15, 0.2) is 30.3 Å². The number of benzene rings is 2. The number of phenols is 1. The van der Waals surface area contributed by atoms with E-state index in [0.29, 0.717) is 44.7 Å². The fourth-order valence-corrected chi connectivity index (χ4v) is 3.75. The summed E-state index contributed by atoms with van der Waals surface area (Å²) in [6.45, 7) is 10.6. The first kappa shape index (κ1) is 26.2. The van der Waals surface area contributed by atoms with Crippen LogP contribution >= 0.6 is 0 Å². The minimum absolute atomic E-state index is 0.0152. The van der Waals surface area contributed by atoms with Crippen LogP contribution in [-0.4, -0.2) is 49.9 Å². The van der Waals surface area contributed by atoms with Crippen LogP contribution in [-0.2, 0) is 15.9 Å². The van der Waals surface area contributed by atoms with Crippen LogP contribution < -0.4 is 4.74 Å². The zero-order valence-corrected chi connectivity index (χ0v) is 20.2. The van der Waals surface area contributed by atoms with Crippen LogP contribution in [0.5, 0.6) is 11.5 Å². The number of aryl methyl sites for hydroxylation is 2. The maximum atomic E-state index is 11.1. The Morgan fingerprint density at radius 3 is 2.31 bits per heavy atom. The van der Waals surface area contributed by atoms with Gasteiger partial charge in [-0.15, -0.1) is 0 Å². The fraction of sp³-hybridized carbons (Fsp3) is 0.556. The van der Waals surface area contributed by atoms with Gasteiger partial charge in [-0.05, 0) is 54.5 Å². The van der Waals surface area contributed by atoms with Crippen LogP contribution in [0.4, 0.5) is 0 Å². The number of unbranched alkanes of at least 4 members (excludes halogenated alkanes) is 2. The lowest BCUT2D eigenvalue weighted by molar-refractivity contribution is 0.0247. The highest BCUT2D eigenvalue weighted by molar-refractivity contribution is 5.80. The van der Waals surface area contributed by atoms with Gasteiger partial charge in [0.1, 0.15) is 18.1 Å². The highest BCUT2D eigenvalue weighted by atomic mass is 16.5. The van der Waals surface area contributed by atoms with Crippen molar-refractivity contribution in [3.05, 3.63) is 47.0 Å². The Balaban J connectivity index is 2.24. The molecule has 2 aromatic carbocycles. The summed E-state index contributed by atoms with van der Waals surface area (Å²) in [6.07, 6.45) is 4.34. The molecule has 2 aromatic rings. The van der Waals surface area contributed by atoms with Gasteiger partial charge in [-0.25, -0.2) is 0 Å². The molecule has 0 saturated carbocycles. The van der Waals surface area contributed by atoms with Gasteiger partial charge in [-0.3, -0.25) is 0 Å². The molecule has 0 radical (unpaired) electrons. The van der Waals surface area contributed by atoms with Crippen molar-refractivity contribution < 1.29 is 24.4 Å². The van der Waals surface area contributed by atoms with E-state index in [9.17, 15) is 5.11 Å². The molecule has 0 aliphatic heterocycles. The molecular formula is C27H40O5. The van der Waals surface area contributed by atoms with E-state index < -0.39 is 0 Å². The second-order valence-corrected chi connectivity index (χ2v) is 8.49. The molecule has 32 heavy (non-hydrogen) atoms. The normalized spacial score (nSPS) is 11.3. The summed E-state index contributed by atoms with van der Waals surface area (Å²) in [7, 11) is 0. The lowest BCUT2D eigenvalue weighted by Gasteiger charge is -2.20. The van der Waals surface area contributed by atoms with E-state index in [0.717, 1.165) is 41.5 Å². The first-order chi connectivity index (χ1) is 15.5. The van der Waals surface area contributed by atoms with Gasteiger partial charge < -0.3 is 24.4 Å². The van der Waals surface area contributed by atoms with Crippen molar-refractivity contribution in [2.24, 2.45) is 0 Å². The highest BCUT2D eigenvalue weighted by Gasteiger charge is 2.19. The molecule has 0 aromatic heterocycles. The number of aliphatic hydroxyl groups excluding tert-OH is 1. The van der Waals surface area contributed by atoms with Crippen LogP contribution in [0.2, 0.25) is 0 Å². The van der Waals surface area contributed by atoms with Gasteiger partial charge in [-0.2, -0.15) is 0 Å². The van der Waals surface area contributed by atoms with Gasteiger partial charge in [0.25, 0.3) is 0 Å². The van der Waals surface area contributed by atoms with Crippen molar-refractivity contribution in [1.29, 1.82) is 0 Å². The van der Waals surface area contributed by atoms with Gasteiger partial charge in [0.15, 0.2) is 0 Å². The summed E-state index contributed by atoms with van der Waals surface area (Å²) in [4.78, 5) is 0. The molecule has 0 heterocycles. The Morgan fingerprint density at radius 2 is 1.62 bits per heavy atom. The Bertz CT molecular complexity index is 816. The van der Waals surface area contributed by atoms with Crippen LogP contribution in [0, 0.1) is 6.92 Å². The second kappa shape index (κ2) is 14.1. The molecule has 0 aliphatic carbocycles. The standard InChI is InChI=1S/C27H40O5/c1-5-6-7-8-22-18-25(29)27(24-17-21(4)9-10-23(24)20(2)3)26(19-22)32-16-15-31-14-13-30-12-11-28/h9-10,17-20,28-29H,5-8,11-16H2,1-4H3. The molecule has 5 nitrogen and oxygen atoms in total. The molecule has 0 atom stereocenters. The predicted molar refractivity (Wildman–Crippen MR) is 130 cm³/mol. The zero-order chi connectivity index (χ0) is 23.3. The molecule has 0 amide bonds. The summed E-state index contributed by atoms with van der Waals surface area (Å²) >= 11 is 0. The van der Waals surface area contributed by atoms with E-state index in [2.05, 4.69) is 52.0 Å². The largest absolute Gasteiger partial charge is 0.507 e. The maximum absolute atomic E-state index is 11.1. The number of hydrogen-bond donors (Lipinski definition) is 2. The smallest absolute Gasteiger partial charge is 0.131 e. The lowest BCUT2D eigenvalue weighted by atomic mass is 9.89. The summed E-state index contributed by atoms with van der Waals surface area (Å²) < 4.78 is 16.9. The van der Waals surface area contributed by atoms with Crippen molar-refractivity contribution in [2.75, 3.05) is 39.6 Å². The first-order valence-corrected chi connectivity index (χ1v) is 11.8. The number of aromatic hydroxyl groups is 1. The molecule has 0 fully saturated rings. The summed E-state index contributed by atoms with van der Waals surface area (Å²) in [5, 5.41) is 19.8. The van der Waals surface area contributed by atoms with E-state index in [1.165, 1.54) is 12.0 Å². The highest BCUT2D eigenvalue weighted by Crippen LogP contribution is 2.43. The van der Waals surface area contributed by atoms with Gasteiger partial charge >= 0.3 is 0 Å². The number of ether oxygens (including phenoxy) is 3. The van der Waals surface area contributed by atoms with E-state index in [4.69, 9.17) is 19.3 Å². The predicted octanol–water partition coefficient (Wildman–Crippen LogP) is 5.63. The molecule has 0 saturated heterocycles. The van der Waals surface area contributed by atoms with Crippen LogP contribution in [0.3, 0.4) is 0 Å². The third-order valence-electron chi connectivity index (χ3n) is 5.40. The van der Waals surface area contributed by atoms with Crippen molar-refractivity contribution >= 4 is 0 Å². The number of rotatable bonds is 15. The molecule has 178 valence electrons. The molecule has 0 spiro atoms. The van der Waals surface area contributed by atoms with Gasteiger partial charge in [-0.1, -0.05) is 57.4 Å². The van der Waals surface area contributed by atoms with Gasteiger partial charge in [0.05, 0.1) is 38.6 Å². The molecule has 2 rings (SSSR count). The van der Waals surface area contributed by atoms with E-state index in [-0.39, 0.29) is 12.4 Å². The quantitative estimate of drug-likeness (QED) is 0.349. The summed E-state index contributed by atoms with van der Waals surface area (Å²) in [6, 6.07) is 10.3. The molecule has 0 aliphatic rings. The van der Waals surface area contributed by atoms with Crippen LogP contribution in [0.25, 0.3) is 11.1 Å². The zero-order valence-electron chi connectivity index (χ0n) is 20.2. The molecule has 2 N–H and O–H groups in total. The van der Waals surface area contributed by atoms with Crippen LogP contribution in [0.1, 0.15) is 62.6 Å². The van der Waals surface area contributed by atoms with Gasteiger partial charge in [0, 0.05) is 0 Å². The Kier molecular flexibility index (Phi) is 11.6. The average molecular weight is 445 g/mol. The van der Waals surface area contributed by atoms with E-state index in [1.54, 1.807) is 0 Å². The minimum Gasteiger partial charge on any atom is -0.507 e. The summed E-state index contributed by atoms with van der Waals surface area (Å²) in [5.74, 6) is 1.29. The minimum atomic E-state index is 0.0152. The second-order valence-electron chi connectivity index (χ2n) is 8.49. The van der Waals surface area contributed by atoms with Crippen molar-refractivity contribution in [3.63, 3.8) is 0 Å². The maximum Gasteiger partial charge on any atom is 0.131 e. The third kappa shape index (κ3) is 8.12. The SMILES string of the molecule is CCCCCc1cc(O)c(-c2cc(C)ccc2C(C)C)c(OCCOCCOCCO)c1. The number of aliphatic hydroxyl groups is 1. The molecular weight excluding hydrogens is 404 g/mol. The van der Waals surface area contributed by atoms with Crippen molar-refractivity contribution in [3.8, 4) is 22.6 Å². The third-order valence-corrected chi connectivity index (χ3v) is 5.40. The molecule has 0 bridgehead atoms. The van der Waals surface area contributed by atoms with E-state index in [1.807, 2.05) is 6.07 Å². The number of phenolic OH excluding ortho intramolecular Hbond substituents is 1. The lowest BCUT2D eigenvalue weighted by Crippen LogP contribution is -2.12. The number of hydrogen-bond acceptors (Lipinski definition) is 5. The Labute approximate surface area is 193 Å². The van der Waals surface area contributed by atoms with Gasteiger partial charge in [0.2, 0.25) is 0 Å². The fourth-order valence-electron chi connectivity index (χ4n) is 3.75. The van der Waals surface area contributed by atoms with Crippen molar-refractivity contribution in [1.82, 2.24) is 0 Å². The summed E-state index contributed by atoms with van der Waals surface area (Å²) in [5.41, 5.74) is 5.19. The monoisotopic (exact) mass is 444 g/mol. The van der Waals surface area contributed by atoms with Crippen molar-refractivity contribution in [2.45, 2.75) is 59.3 Å². The first-order valence-electron chi connectivity index (χ1n) is 11.8. The Morgan fingerprint density at radius 1 is 0.906 bits per heavy atom. The average Bonchev–Trinajstić information content (AvgIpc) is 2.75. The Hall–Kier alpha value is -2.08. The molecule has 5 heteroatoms.